The van der Waals surface area contributed by atoms with Crippen LogP contribution in [-0.2, 0) is 4.74 Å². The molecule has 0 bridgehead atoms. The summed E-state index contributed by atoms with van der Waals surface area (Å²) < 4.78 is 5.41. The molecule has 1 heterocycles. The fourth-order valence-corrected chi connectivity index (χ4v) is 1.66. The van der Waals surface area contributed by atoms with Crippen molar-refractivity contribution < 1.29 is 4.74 Å². The Bertz CT molecular complexity index is 148. The molecule has 1 fully saturated rings. The first-order valence-electron chi connectivity index (χ1n) is 4.65. The summed E-state index contributed by atoms with van der Waals surface area (Å²) >= 11 is 5.61. The normalized spacial score (nSPS) is 25.8. The third-order valence-corrected chi connectivity index (χ3v) is 2.60. The van der Waals surface area contributed by atoms with E-state index in [9.17, 15) is 0 Å². The van der Waals surface area contributed by atoms with Gasteiger partial charge in [-0.3, -0.25) is 0 Å². The van der Waals surface area contributed by atoms with E-state index in [2.05, 4.69) is 13.0 Å². The number of halogens is 1. The van der Waals surface area contributed by atoms with Crippen LogP contribution in [0.25, 0.3) is 0 Å². The Morgan fingerprint density at radius 2 is 2.50 bits per heavy atom. The van der Waals surface area contributed by atoms with E-state index in [1.54, 1.807) is 0 Å². The van der Waals surface area contributed by atoms with Crippen molar-refractivity contribution in [2.45, 2.75) is 26.2 Å². The second-order valence-electron chi connectivity index (χ2n) is 3.34. The molecule has 0 N–H and O–H groups in total. The SMILES string of the molecule is CC(=CCCCl)C1CCCOC1. The highest BCUT2D eigenvalue weighted by Crippen LogP contribution is 2.21. The zero-order valence-corrected chi connectivity index (χ0v) is 8.44. The maximum Gasteiger partial charge on any atom is 0.0531 e. The Morgan fingerprint density at radius 3 is 3.08 bits per heavy atom. The molecular formula is C10H17ClO. The van der Waals surface area contributed by atoms with Crippen molar-refractivity contribution in [2.24, 2.45) is 5.92 Å². The zero-order chi connectivity index (χ0) is 8.81. The molecule has 0 saturated carbocycles. The van der Waals surface area contributed by atoms with Crippen LogP contribution in [0.5, 0.6) is 0 Å². The molecule has 0 aromatic rings. The van der Waals surface area contributed by atoms with Gasteiger partial charge in [0.1, 0.15) is 0 Å². The van der Waals surface area contributed by atoms with Crippen molar-refractivity contribution in [3.63, 3.8) is 0 Å². The van der Waals surface area contributed by atoms with E-state index in [0.717, 1.165) is 25.5 Å². The molecule has 12 heavy (non-hydrogen) atoms. The molecule has 0 aliphatic carbocycles. The minimum atomic E-state index is 0.655. The Balaban J connectivity index is 2.33. The average Bonchev–Trinajstić information content (AvgIpc) is 2.15. The van der Waals surface area contributed by atoms with Gasteiger partial charge in [-0.25, -0.2) is 0 Å². The van der Waals surface area contributed by atoms with Crippen LogP contribution in [0.2, 0.25) is 0 Å². The Hall–Kier alpha value is -0.0100. The third-order valence-electron chi connectivity index (χ3n) is 2.38. The van der Waals surface area contributed by atoms with Crippen LogP contribution in [-0.4, -0.2) is 19.1 Å². The van der Waals surface area contributed by atoms with Gasteiger partial charge >= 0.3 is 0 Å². The van der Waals surface area contributed by atoms with Gasteiger partial charge in [-0.2, -0.15) is 0 Å². The predicted octanol–water partition coefficient (Wildman–Crippen LogP) is 2.99. The number of hydrogen-bond donors (Lipinski definition) is 0. The lowest BCUT2D eigenvalue weighted by Gasteiger charge is -2.22. The van der Waals surface area contributed by atoms with Crippen molar-refractivity contribution >= 4 is 11.6 Å². The molecule has 1 unspecified atom stereocenters. The van der Waals surface area contributed by atoms with Crippen LogP contribution in [0.4, 0.5) is 0 Å². The van der Waals surface area contributed by atoms with Gasteiger partial charge in [0.05, 0.1) is 6.61 Å². The van der Waals surface area contributed by atoms with Crippen molar-refractivity contribution in [3.8, 4) is 0 Å². The van der Waals surface area contributed by atoms with Crippen LogP contribution >= 0.6 is 11.6 Å². The van der Waals surface area contributed by atoms with Gasteiger partial charge in [-0.05, 0) is 26.2 Å². The van der Waals surface area contributed by atoms with Gasteiger partial charge in [0.25, 0.3) is 0 Å². The van der Waals surface area contributed by atoms with Crippen molar-refractivity contribution in [3.05, 3.63) is 11.6 Å². The Kier molecular flexibility index (Phi) is 4.70. The molecule has 0 aromatic carbocycles. The molecule has 0 amide bonds. The smallest absolute Gasteiger partial charge is 0.0531 e. The van der Waals surface area contributed by atoms with E-state index in [-0.39, 0.29) is 0 Å². The van der Waals surface area contributed by atoms with Gasteiger partial charge in [0.15, 0.2) is 0 Å². The molecule has 1 aliphatic rings. The second-order valence-corrected chi connectivity index (χ2v) is 3.72. The fourth-order valence-electron chi connectivity index (χ4n) is 1.55. The Morgan fingerprint density at radius 1 is 1.67 bits per heavy atom. The maximum atomic E-state index is 5.61. The second kappa shape index (κ2) is 5.60. The number of rotatable bonds is 3. The summed E-state index contributed by atoms with van der Waals surface area (Å²) in [5, 5.41) is 0. The van der Waals surface area contributed by atoms with E-state index in [1.165, 1.54) is 18.4 Å². The van der Waals surface area contributed by atoms with Crippen LogP contribution in [0, 0.1) is 5.92 Å². The summed E-state index contributed by atoms with van der Waals surface area (Å²) in [6.45, 7) is 4.04. The summed E-state index contributed by atoms with van der Waals surface area (Å²) in [7, 11) is 0. The fraction of sp³-hybridized carbons (Fsp3) is 0.800. The van der Waals surface area contributed by atoms with E-state index in [0.29, 0.717) is 5.92 Å². The predicted molar refractivity (Wildman–Crippen MR) is 52.6 cm³/mol. The highest BCUT2D eigenvalue weighted by molar-refractivity contribution is 6.17. The van der Waals surface area contributed by atoms with Crippen molar-refractivity contribution in [1.82, 2.24) is 0 Å². The third kappa shape index (κ3) is 3.16. The van der Waals surface area contributed by atoms with Crippen LogP contribution < -0.4 is 0 Å². The standard InChI is InChI=1S/C10H17ClO/c1-9(4-2-6-11)10-5-3-7-12-8-10/h4,10H,2-3,5-8H2,1H3. The van der Waals surface area contributed by atoms with Gasteiger partial charge in [-0.1, -0.05) is 11.6 Å². The van der Waals surface area contributed by atoms with Gasteiger partial charge in [0.2, 0.25) is 0 Å². The number of hydrogen-bond acceptors (Lipinski definition) is 1. The van der Waals surface area contributed by atoms with Crippen molar-refractivity contribution in [2.75, 3.05) is 19.1 Å². The minimum absolute atomic E-state index is 0.655. The zero-order valence-electron chi connectivity index (χ0n) is 7.68. The van der Waals surface area contributed by atoms with Crippen LogP contribution in [0.1, 0.15) is 26.2 Å². The minimum Gasteiger partial charge on any atom is -0.381 e. The van der Waals surface area contributed by atoms with E-state index in [4.69, 9.17) is 16.3 Å². The first kappa shape index (κ1) is 10.1. The molecule has 70 valence electrons. The lowest BCUT2D eigenvalue weighted by Crippen LogP contribution is -2.18. The summed E-state index contributed by atoms with van der Waals surface area (Å²) in [6.07, 6.45) is 5.72. The highest BCUT2D eigenvalue weighted by Gasteiger charge is 2.14. The van der Waals surface area contributed by atoms with E-state index in [1.807, 2.05) is 0 Å². The lowest BCUT2D eigenvalue weighted by molar-refractivity contribution is 0.0672. The van der Waals surface area contributed by atoms with E-state index < -0.39 is 0 Å². The molecule has 0 radical (unpaired) electrons. The summed E-state index contributed by atoms with van der Waals surface area (Å²) in [6, 6.07) is 0. The molecule has 1 atom stereocenters. The monoisotopic (exact) mass is 188 g/mol. The topological polar surface area (TPSA) is 9.23 Å². The van der Waals surface area contributed by atoms with Gasteiger partial charge in [0, 0.05) is 18.4 Å². The Labute approximate surface area is 79.7 Å². The largest absolute Gasteiger partial charge is 0.381 e. The average molecular weight is 189 g/mol. The van der Waals surface area contributed by atoms with Crippen LogP contribution in [0.15, 0.2) is 11.6 Å². The molecule has 1 saturated heterocycles. The lowest BCUT2D eigenvalue weighted by atomic mass is 9.94. The van der Waals surface area contributed by atoms with Crippen LogP contribution in [0.3, 0.4) is 0 Å². The number of allylic oxidation sites excluding steroid dienone is 1. The summed E-state index contributed by atoms with van der Waals surface area (Å²) in [5.74, 6) is 1.38. The maximum absolute atomic E-state index is 5.61. The summed E-state index contributed by atoms with van der Waals surface area (Å²) in [5.41, 5.74) is 1.45. The summed E-state index contributed by atoms with van der Waals surface area (Å²) in [4.78, 5) is 0. The first-order valence-corrected chi connectivity index (χ1v) is 5.18. The van der Waals surface area contributed by atoms with Gasteiger partial charge in [-0.15, -0.1) is 11.6 Å². The number of alkyl halides is 1. The molecule has 2 heteroatoms. The highest BCUT2D eigenvalue weighted by atomic mass is 35.5. The molecule has 0 spiro atoms. The van der Waals surface area contributed by atoms with E-state index >= 15 is 0 Å². The van der Waals surface area contributed by atoms with Crippen molar-refractivity contribution in [1.29, 1.82) is 0 Å². The molecular weight excluding hydrogens is 172 g/mol. The quantitative estimate of drug-likeness (QED) is 0.489. The number of ether oxygens (including phenoxy) is 1. The molecule has 0 aromatic heterocycles. The first-order chi connectivity index (χ1) is 5.84. The van der Waals surface area contributed by atoms with Gasteiger partial charge < -0.3 is 4.74 Å². The molecule has 1 nitrogen and oxygen atoms in total. The molecule has 1 aliphatic heterocycles. The molecule has 1 rings (SSSR count).